The molecule has 0 bridgehead atoms. The highest BCUT2D eigenvalue weighted by atomic mass is 16.1. The van der Waals surface area contributed by atoms with Gasteiger partial charge in [0.1, 0.15) is 6.29 Å². The minimum absolute atomic E-state index is 0.0717. The number of rotatable bonds is 5. The average molecular weight is 239 g/mol. The summed E-state index contributed by atoms with van der Waals surface area (Å²) in [7, 11) is 2.17. The molecular weight excluding hydrogens is 210 g/mol. The first-order valence-corrected chi connectivity index (χ1v) is 7.13. The standard InChI is InChI=1S/C15H29NO/c1-5-14(2,3)16(4)12-15(13-17)10-8-6-7-9-11-15/h13H,5-12H2,1-4H3. The van der Waals surface area contributed by atoms with E-state index in [4.69, 9.17) is 0 Å². The summed E-state index contributed by atoms with van der Waals surface area (Å²) in [4.78, 5) is 13.9. The highest BCUT2D eigenvalue weighted by Gasteiger charge is 2.35. The highest BCUT2D eigenvalue weighted by Crippen LogP contribution is 2.35. The molecule has 17 heavy (non-hydrogen) atoms. The fraction of sp³-hybridized carbons (Fsp3) is 0.933. The third kappa shape index (κ3) is 3.80. The number of carbonyl (C=O) groups is 1. The number of hydrogen-bond acceptors (Lipinski definition) is 2. The van der Waals surface area contributed by atoms with Gasteiger partial charge in [-0.25, -0.2) is 0 Å². The van der Waals surface area contributed by atoms with Crippen molar-refractivity contribution in [2.75, 3.05) is 13.6 Å². The Balaban J connectivity index is 2.70. The maximum Gasteiger partial charge on any atom is 0.127 e. The van der Waals surface area contributed by atoms with Gasteiger partial charge in [0.15, 0.2) is 0 Å². The Bertz CT molecular complexity index is 239. The van der Waals surface area contributed by atoms with E-state index < -0.39 is 0 Å². The first-order valence-electron chi connectivity index (χ1n) is 7.13. The highest BCUT2D eigenvalue weighted by molar-refractivity contribution is 5.59. The first-order chi connectivity index (χ1) is 7.96. The van der Waals surface area contributed by atoms with Crippen LogP contribution in [0.4, 0.5) is 0 Å². The van der Waals surface area contributed by atoms with Gasteiger partial charge >= 0.3 is 0 Å². The number of hydrogen-bond donors (Lipinski definition) is 0. The summed E-state index contributed by atoms with van der Waals surface area (Å²) in [5, 5.41) is 0. The molecule has 0 aromatic rings. The fourth-order valence-corrected chi connectivity index (χ4v) is 2.70. The lowest BCUT2D eigenvalue weighted by Crippen LogP contribution is -2.47. The van der Waals surface area contributed by atoms with Crippen LogP contribution in [-0.4, -0.2) is 30.3 Å². The van der Waals surface area contributed by atoms with Crippen LogP contribution in [0, 0.1) is 5.41 Å². The fourth-order valence-electron chi connectivity index (χ4n) is 2.70. The Morgan fingerprint density at radius 1 is 1.18 bits per heavy atom. The quantitative estimate of drug-likeness (QED) is 0.539. The molecule has 0 amide bonds. The molecule has 0 radical (unpaired) electrons. The van der Waals surface area contributed by atoms with Gasteiger partial charge in [-0.05, 0) is 40.2 Å². The van der Waals surface area contributed by atoms with E-state index >= 15 is 0 Å². The van der Waals surface area contributed by atoms with Crippen molar-refractivity contribution < 1.29 is 4.79 Å². The zero-order chi connectivity index (χ0) is 12.9. The largest absolute Gasteiger partial charge is 0.303 e. The van der Waals surface area contributed by atoms with Crippen molar-refractivity contribution in [1.29, 1.82) is 0 Å². The predicted octanol–water partition coefficient (Wildman–Crippen LogP) is 3.65. The summed E-state index contributed by atoms with van der Waals surface area (Å²) in [6.07, 6.45) is 9.59. The Hall–Kier alpha value is -0.370. The van der Waals surface area contributed by atoms with E-state index in [1.807, 2.05) is 0 Å². The Labute approximate surface area is 107 Å². The zero-order valence-corrected chi connectivity index (χ0v) is 12.1. The van der Waals surface area contributed by atoms with Gasteiger partial charge in [-0.15, -0.1) is 0 Å². The average Bonchev–Trinajstić information content (AvgIpc) is 2.55. The van der Waals surface area contributed by atoms with Crippen molar-refractivity contribution in [3.05, 3.63) is 0 Å². The van der Waals surface area contributed by atoms with Crippen LogP contribution in [0.25, 0.3) is 0 Å². The van der Waals surface area contributed by atoms with Crippen LogP contribution in [0.3, 0.4) is 0 Å². The second-order valence-electron chi connectivity index (χ2n) is 6.42. The lowest BCUT2D eigenvalue weighted by molar-refractivity contribution is -0.118. The van der Waals surface area contributed by atoms with Gasteiger partial charge in [0, 0.05) is 17.5 Å². The summed E-state index contributed by atoms with van der Waals surface area (Å²) in [5.74, 6) is 0. The van der Waals surface area contributed by atoms with Crippen molar-refractivity contribution in [3.63, 3.8) is 0 Å². The molecule has 0 unspecified atom stereocenters. The SMILES string of the molecule is CCC(C)(C)N(C)CC1(C=O)CCCCCC1. The molecule has 0 aliphatic heterocycles. The molecule has 1 aliphatic carbocycles. The Morgan fingerprint density at radius 2 is 1.71 bits per heavy atom. The Morgan fingerprint density at radius 3 is 2.12 bits per heavy atom. The second kappa shape index (κ2) is 5.99. The van der Waals surface area contributed by atoms with Crippen LogP contribution in [0.5, 0.6) is 0 Å². The maximum atomic E-state index is 11.6. The van der Waals surface area contributed by atoms with E-state index in [0.717, 1.165) is 25.8 Å². The van der Waals surface area contributed by atoms with E-state index in [-0.39, 0.29) is 11.0 Å². The molecule has 1 saturated carbocycles. The topological polar surface area (TPSA) is 20.3 Å². The number of carbonyl (C=O) groups excluding carboxylic acids is 1. The van der Waals surface area contributed by atoms with Crippen molar-refractivity contribution in [1.82, 2.24) is 4.90 Å². The molecule has 2 nitrogen and oxygen atoms in total. The summed E-state index contributed by atoms with van der Waals surface area (Å²) in [5.41, 5.74) is 0.125. The summed E-state index contributed by atoms with van der Waals surface area (Å²) >= 11 is 0. The number of nitrogens with zero attached hydrogens (tertiary/aromatic N) is 1. The molecule has 0 N–H and O–H groups in total. The minimum Gasteiger partial charge on any atom is -0.303 e. The minimum atomic E-state index is -0.0717. The molecule has 1 fully saturated rings. The molecule has 100 valence electrons. The van der Waals surface area contributed by atoms with Crippen LogP contribution in [0.15, 0.2) is 0 Å². The van der Waals surface area contributed by atoms with Crippen molar-refractivity contribution >= 4 is 6.29 Å². The van der Waals surface area contributed by atoms with Crippen molar-refractivity contribution in [2.24, 2.45) is 5.41 Å². The third-order valence-corrected chi connectivity index (χ3v) is 4.80. The first kappa shape index (κ1) is 14.7. The predicted molar refractivity (Wildman–Crippen MR) is 73.2 cm³/mol. The lowest BCUT2D eigenvalue weighted by atomic mass is 9.80. The van der Waals surface area contributed by atoms with E-state index in [1.165, 1.54) is 32.0 Å². The second-order valence-corrected chi connectivity index (χ2v) is 6.42. The molecule has 1 rings (SSSR count). The van der Waals surface area contributed by atoms with Crippen LogP contribution < -0.4 is 0 Å². The summed E-state index contributed by atoms with van der Waals surface area (Å²) in [6.45, 7) is 7.68. The molecule has 1 aliphatic rings. The van der Waals surface area contributed by atoms with Gasteiger partial charge < -0.3 is 9.69 Å². The lowest BCUT2D eigenvalue weighted by Gasteiger charge is -2.40. The van der Waals surface area contributed by atoms with Crippen molar-refractivity contribution in [3.8, 4) is 0 Å². The van der Waals surface area contributed by atoms with Crippen LogP contribution in [-0.2, 0) is 4.79 Å². The third-order valence-electron chi connectivity index (χ3n) is 4.80. The van der Waals surface area contributed by atoms with E-state index in [1.54, 1.807) is 0 Å². The monoisotopic (exact) mass is 239 g/mol. The normalized spacial score (nSPS) is 21.2. The molecular formula is C15H29NO. The molecule has 0 atom stereocenters. The van der Waals surface area contributed by atoms with E-state index in [9.17, 15) is 4.79 Å². The molecule has 0 spiro atoms. The molecule has 0 aromatic carbocycles. The van der Waals surface area contributed by atoms with Gasteiger partial charge in [-0.1, -0.05) is 32.6 Å². The molecule has 0 heterocycles. The maximum absolute atomic E-state index is 11.6. The van der Waals surface area contributed by atoms with Gasteiger partial charge in [0.2, 0.25) is 0 Å². The van der Waals surface area contributed by atoms with Crippen LogP contribution in [0.1, 0.15) is 65.7 Å². The van der Waals surface area contributed by atoms with Crippen LogP contribution in [0.2, 0.25) is 0 Å². The Kier molecular flexibility index (Phi) is 5.18. The van der Waals surface area contributed by atoms with Gasteiger partial charge in [-0.3, -0.25) is 0 Å². The van der Waals surface area contributed by atoms with E-state index in [2.05, 4.69) is 32.7 Å². The van der Waals surface area contributed by atoms with E-state index in [0.29, 0.717) is 0 Å². The number of aldehydes is 1. The molecule has 0 saturated heterocycles. The summed E-state index contributed by atoms with van der Waals surface area (Å²) < 4.78 is 0. The van der Waals surface area contributed by atoms with Gasteiger partial charge in [0.05, 0.1) is 0 Å². The smallest absolute Gasteiger partial charge is 0.127 e. The molecule has 0 aromatic heterocycles. The molecule has 2 heteroatoms. The van der Waals surface area contributed by atoms with Crippen LogP contribution >= 0.6 is 0 Å². The van der Waals surface area contributed by atoms with Gasteiger partial charge in [0.25, 0.3) is 0 Å². The van der Waals surface area contributed by atoms with Crippen molar-refractivity contribution in [2.45, 2.75) is 71.3 Å². The van der Waals surface area contributed by atoms with Gasteiger partial charge in [-0.2, -0.15) is 0 Å². The zero-order valence-electron chi connectivity index (χ0n) is 12.1. The summed E-state index contributed by atoms with van der Waals surface area (Å²) in [6, 6.07) is 0.